The Morgan fingerprint density at radius 1 is 1.53 bits per heavy atom. The molecule has 5 nitrogen and oxygen atoms in total. The fraction of sp³-hybridized carbons (Fsp3) is 0.364. The van der Waals surface area contributed by atoms with Gasteiger partial charge in [0, 0.05) is 5.92 Å². The summed E-state index contributed by atoms with van der Waals surface area (Å²) < 4.78 is 27.7. The van der Waals surface area contributed by atoms with E-state index in [1.54, 1.807) is 18.2 Å². The molecule has 1 aliphatic rings. The molecule has 1 aromatic rings. The van der Waals surface area contributed by atoms with Gasteiger partial charge in [0.2, 0.25) is 10.0 Å². The summed E-state index contributed by atoms with van der Waals surface area (Å²) in [5.74, 6) is 0.348. The Hall–Kier alpha value is -1.58. The zero-order valence-corrected chi connectivity index (χ0v) is 9.90. The van der Waals surface area contributed by atoms with E-state index < -0.39 is 10.0 Å². The fourth-order valence-electron chi connectivity index (χ4n) is 1.99. The number of nitrogens with two attached hydrogens (primary N) is 1. The van der Waals surface area contributed by atoms with Crippen molar-refractivity contribution in [3.63, 3.8) is 0 Å². The summed E-state index contributed by atoms with van der Waals surface area (Å²) in [7, 11) is -3.50. The van der Waals surface area contributed by atoms with E-state index in [9.17, 15) is 8.42 Å². The molecule has 0 radical (unpaired) electrons. The van der Waals surface area contributed by atoms with Crippen LogP contribution in [0.15, 0.2) is 18.2 Å². The number of sulfonamides is 1. The molecule has 0 spiro atoms. The number of hydrogen-bond acceptors (Lipinski definition) is 4. The van der Waals surface area contributed by atoms with Crippen LogP contribution in [0.4, 0.5) is 0 Å². The quantitative estimate of drug-likeness (QED) is 0.838. The maximum Gasteiger partial charge on any atom is 0.209 e. The first-order valence-corrected chi connectivity index (χ1v) is 6.88. The summed E-state index contributed by atoms with van der Waals surface area (Å²) >= 11 is 0. The first-order valence-electron chi connectivity index (χ1n) is 5.17. The lowest BCUT2D eigenvalue weighted by Crippen LogP contribution is -2.25. The van der Waals surface area contributed by atoms with E-state index in [0.717, 1.165) is 5.56 Å². The van der Waals surface area contributed by atoms with Crippen molar-refractivity contribution in [1.29, 1.82) is 5.26 Å². The molecular formula is C11H12N2O3S. The largest absolute Gasteiger partial charge is 0.493 e. The maximum atomic E-state index is 11.1. The zero-order chi connectivity index (χ0) is 12.5. The number of fused-ring (bicyclic) bond motifs is 1. The van der Waals surface area contributed by atoms with Gasteiger partial charge in [-0.05, 0) is 24.1 Å². The van der Waals surface area contributed by atoms with Crippen LogP contribution in [0.5, 0.6) is 5.75 Å². The molecule has 1 aliphatic heterocycles. The van der Waals surface area contributed by atoms with Crippen LogP contribution in [0.2, 0.25) is 0 Å². The monoisotopic (exact) mass is 252 g/mol. The highest BCUT2D eigenvalue weighted by Gasteiger charge is 2.25. The highest BCUT2D eigenvalue weighted by atomic mass is 32.2. The van der Waals surface area contributed by atoms with Gasteiger partial charge in [-0.1, -0.05) is 6.07 Å². The second-order valence-corrected chi connectivity index (χ2v) is 5.69. The van der Waals surface area contributed by atoms with Gasteiger partial charge >= 0.3 is 0 Å². The Morgan fingerprint density at radius 2 is 2.29 bits per heavy atom. The Kier molecular flexibility index (Phi) is 3.05. The summed E-state index contributed by atoms with van der Waals surface area (Å²) in [5.41, 5.74) is 1.31. The first-order chi connectivity index (χ1) is 7.99. The van der Waals surface area contributed by atoms with Crippen LogP contribution in [0.1, 0.15) is 23.5 Å². The van der Waals surface area contributed by atoms with Crippen LogP contribution < -0.4 is 9.88 Å². The SMILES string of the molecule is N#Cc1ccc2c(c1)OCCC2CS(N)(=O)=O. The highest BCUT2D eigenvalue weighted by molar-refractivity contribution is 7.89. The molecule has 0 bridgehead atoms. The van der Waals surface area contributed by atoms with Crippen LogP contribution >= 0.6 is 0 Å². The summed E-state index contributed by atoms with van der Waals surface area (Å²) in [6.07, 6.45) is 0.620. The molecule has 1 heterocycles. The number of ether oxygens (including phenoxy) is 1. The average Bonchev–Trinajstić information content (AvgIpc) is 2.26. The van der Waals surface area contributed by atoms with Crippen molar-refractivity contribution < 1.29 is 13.2 Å². The molecule has 17 heavy (non-hydrogen) atoms. The maximum absolute atomic E-state index is 11.1. The van der Waals surface area contributed by atoms with Gasteiger partial charge in [0.25, 0.3) is 0 Å². The Morgan fingerprint density at radius 3 is 2.94 bits per heavy atom. The van der Waals surface area contributed by atoms with Crippen molar-refractivity contribution in [2.45, 2.75) is 12.3 Å². The molecule has 1 aromatic carbocycles. The van der Waals surface area contributed by atoms with Gasteiger partial charge < -0.3 is 4.74 Å². The smallest absolute Gasteiger partial charge is 0.209 e. The fourth-order valence-corrected chi connectivity index (χ4v) is 2.89. The molecule has 0 saturated carbocycles. The number of hydrogen-bond donors (Lipinski definition) is 1. The molecule has 1 unspecified atom stereocenters. The van der Waals surface area contributed by atoms with Crippen molar-refractivity contribution in [3.05, 3.63) is 29.3 Å². The molecule has 2 N–H and O–H groups in total. The van der Waals surface area contributed by atoms with Crippen molar-refractivity contribution in [3.8, 4) is 11.8 Å². The molecule has 1 atom stereocenters. The number of nitrogens with zero attached hydrogens (tertiary/aromatic N) is 1. The van der Waals surface area contributed by atoms with E-state index in [1.165, 1.54) is 0 Å². The van der Waals surface area contributed by atoms with Gasteiger partial charge in [0.05, 0.1) is 24.0 Å². The van der Waals surface area contributed by atoms with Crippen LogP contribution in [0.25, 0.3) is 0 Å². The van der Waals surface area contributed by atoms with Crippen molar-refractivity contribution in [1.82, 2.24) is 0 Å². The third-order valence-corrected chi connectivity index (χ3v) is 3.61. The predicted molar refractivity (Wildman–Crippen MR) is 62.0 cm³/mol. The number of benzene rings is 1. The van der Waals surface area contributed by atoms with Crippen LogP contribution in [0, 0.1) is 11.3 Å². The van der Waals surface area contributed by atoms with Gasteiger partial charge in [0.1, 0.15) is 5.75 Å². The molecule has 0 amide bonds. The normalized spacial score (nSPS) is 18.9. The third kappa shape index (κ3) is 2.75. The molecule has 0 saturated heterocycles. The molecule has 90 valence electrons. The van der Waals surface area contributed by atoms with E-state index in [2.05, 4.69) is 0 Å². The lowest BCUT2D eigenvalue weighted by Gasteiger charge is -2.25. The summed E-state index contributed by atoms with van der Waals surface area (Å²) in [6, 6.07) is 7.04. The molecule has 0 aromatic heterocycles. The van der Waals surface area contributed by atoms with Gasteiger partial charge in [-0.2, -0.15) is 5.26 Å². The minimum Gasteiger partial charge on any atom is -0.493 e. The zero-order valence-electron chi connectivity index (χ0n) is 9.09. The summed E-state index contributed by atoms with van der Waals surface area (Å²) in [5, 5.41) is 13.8. The minimum atomic E-state index is -3.50. The number of rotatable bonds is 2. The van der Waals surface area contributed by atoms with Crippen LogP contribution in [0.3, 0.4) is 0 Å². The predicted octanol–water partition coefficient (Wildman–Crippen LogP) is 0.713. The van der Waals surface area contributed by atoms with Gasteiger partial charge in [-0.25, -0.2) is 13.6 Å². The summed E-state index contributed by atoms with van der Waals surface area (Å²) in [4.78, 5) is 0. The Balaban J connectivity index is 2.36. The lowest BCUT2D eigenvalue weighted by molar-refractivity contribution is 0.272. The number of nitriles is 1. The second-order valence-electron chi connectivity index (χ2n) is 4.03. The van der Waals surface area contributed by atoms with Gasteiger partial charge in [-0.15, -0.1) is 0 Å². The summed E-state index contributed by atoms with van der Waals surface area (Å²) in [6.45, 7) is 0.446. The second kappa shape index (κ2) is 4.35. The van der Waals surface area contributed by atoms with Crippen molar-refractivity contribution in [2.24, 2.45) is 5.14 Å². The first kappa shape index (κ1) is 11.9. The topological polar surface area (TPSA) is 93.2 Å². The van der Waals surface area contributed by atoms with E-state index in [4.69, 9.17) is 15.1 Å². The number of primary sulfonamides is 1. The Labute approximate surface area is 99.9 Å². The van der Waals surface area contributed by atoms with E-state index >= 15 is 0 Å². The van der Waals surface area contributed by atoms with Crippen molar-refractivity contribution in [2.75, 3.05) is 12.4 Å². The van der Waals surface area contributed by atoms with Gasteiger partial charge in [0.15, 0.2) is 0 Å². The molecule has 0 aliphatic carbocycles. The molecular weight excluding hydrogens is 240 g/mol. The van der Waals surface area contributed by atoms with Crippen LogP contribution in [-0.2, 0) is 10.0 Å². The van der Waals surface area contributed by atoms with E-state index in [-0.39, 0.29) is 11.7 Å². The van der Waals surface area contributed by atoms with Crippen LogP contribution in [-0.4, -0.2) is 20.8 Å². The van der Waals surface area contributed by atoms with Crippen molar-refractivity contribution >= 4 is 10.0 Å². The van der Waals surface area contributed by atoms with Gasteiger partial charge in [-0.3, -0.25) is 0 Å². The van der Waals surface area contributed by atoms with E-state index in [1.807, 2.05) is 6.07 Å². The average molecular weight is 252 g/mol. The minimum absolute atomic E-state index is 0.0880. The molecule has 0 fully saturated rings. The Bertz CT molecular complexity index is 575. The molecule has 6 heteroatoms. The highest BCUT2D eigenvalue weighted by Crippen LogP contribution is 2.34. The molecule has 2 rings (SSSR count). The third-order valence-electron chi connectivity index (χ3n) is 2.74. The standard InChI is InChI=1S/C11H12N2O3S/c12-6-8-1-2-10-9(7-17(13,14)15)3-4-16-11(10)5-8/h1-2,5,9H,3-4,7H2,(H2,13,14,15). The van der Waals surface area contributed by atoms with E-state index in [0.29, 0.717) is 24.3 Å². The lowest BCUT2D eigenvalue weighted by atomic mass is 9.94.